The molecule has 1 fully saturated rings. The highest BCUT2D eigenvalue weighted by molar-refractivity contribution is 5.86. The minimum absolute atomic E-state index is 0.0764. The zero-order valence-electron chi connectivity index (χ0n) is 10.7. The number of rotatable bonds is 5. The van der Waals surface area contributed by atoms with Gasteiger partial charge >= 0.3 is 0 Å². The molecule has 3 nitrogen and oxygen atoms in total. The summed E-state index contributed by atoms with van der Waals surface area (Å²) in [5, 5.41) is 3.11. The van der Waals surface area contributed by atoms with Gasteiger partial charge < -0.3 is 11.1 Å². The molecule has 0 aromatic rings. The number of nitrogens with two attached hydrogens (primary N) is 1. The molecule has 0 spiro atoms. The molecule has 94 valence electrons. The first kappa shape index (κ1) is 13.5. The molecule has 0 heterocycles. The Morgan fingerprint density at radius 2 is 1.94 bits per heavy atom. The molecule has 0 aromatic carbocycles. The van der Waals surface area contributed by atoms with E-state index in [4.69, 9.17) is 5.73 Å². The van der Waals surface area contributed by atoms with E-state index in [0.717, 1.165) is 44.9 Å². The molecule has 1 aliphatic carbocycles. The van der Waals surface area contributed by atoms with Crippen LogP contribution in [0.5, 0.6) is 0 Å². The summed E-state index contributed by atoms with van der Waals surface area (Å²) in [6, 6.07) is 0.305. The van der Waals surface area contributed by atoms with Gasteiger partial charge in [-0.05, 0) is 25.7 Å². The molecule has 1 unspecified atom stereocenters. The normalized spacial score (nSPS) is 21.4. The Kier molecular flexibility index (Phi) is 5.26. The molecular formula is C13H26N2O. The van der Waals surface area contributed by atoms with E-state index >= 15 is 0 Å². The summed E-state index contributed by atoms with van der Waals surface area (Å²) in [5.41, 5.74) is 5.61. The Labute approximate surface area is 99.2 Å². The molecule has 3 heteroatoms. The van der Waals surface area contributed by atoms with Crippen LogP contribution in [0, 0.1) is 0 Å². The molecule has 3 N–H and O–H groups in total. The molecule has 16 heavy (non-hydrogen) atoms. The van der Waals surface area contributed by atoms with Crippen molar-refractivity contribution >= 4 is 5.91 Å². The zero-order valence-corrected chi connectivity index (χ0v) is 10.7. The predicted octanol–water partition coefficient (Wildman–Crippen LogP) is 2.34. The van der Waals surface area contributed by atoms with Crippen molar-refractivity contribution in [2.45, 2.75) is 76.8 Å². The summed E-state index contributed by atoms with van der Waals surface area (Å²) < 4.78 is 0. The van der Waals surface area contributed by atoms with E-state index in [2.05, 4.69) is 19.2 Å². The van der Waals surface area contributed by atoms with Crippen LogP contribution >= 0.6 is 0 Å². The zero-order chi connectivity index (χ0) is 12.0. The van der Waals surface area contributed by atoms with E-state index in [1.807, 2.05) is 0 Å². The molecule has 1 atom stereocenters. The number of hydrogen-bond acceptors (Lipinski definition) is 2. The van der Waals surface area contributed by atoms with Crippen LogP contribution in [0.3, 0.4) is 0 Å². The van der Waals surface area contributed by atoms with Gasteiger partial charge in [0.25, 0.3) is 0 Å². The van der Waals surface area contributed by atoms with Gasteiger partial charge in [-0.1, -0.05) is 39.5 Å². The molecule has 0 saturated heterocycles. The number of amides is 1. The van der Waals surface area contributed by atoms with E-state index < -0.39 is 5.54 Å². The van der Waals surface area contributed by atoms with Gasteiger partial charge in [0.05, 0.1) is 5.54 Å². The third-order valence-corrected chi connectivity index (χ3v) is 3.66. The number of nitrogens with one attached hydrogen (secondary N) is 1. The van der Waals surface area contributed by atoms with Crippen molar-refractivity contribution in [1.82, 2.24) is 5.32 Å². The SMILES string of the molecule is CCCC(CC)NC(=O)C1(N)CCCCC1. The van der Waals surface area contributed by atoms with Gasteiger partial charge in [-0.25, -0.2) is 0 Å². The van der Waals surface area contributed by atoms with Crippen LogP contribution in [0.15, 0.2) is 0 Å². The topological polar surface area (TPSA) is 55.1 Å². The third kappa shape index (κ3) is 3.48. The largest absolute Gasteiger partial charge is 0.352 e. The maximum atomic E-state index is 12.1. The molecule has 1 amide bonds. The molecule has 0 aliphatic heterocycles. The van der Waals surface area contributed by atoms with Gasteiger partial charge in [0, 0.05) is 6.04 Å². The van der Waals surface area contributed by atoms with Crippen LogP contribution in [0.4, 0.5) is 0 Å². The number of carbonyl (C=O) groups is 1. The summed E-state index contributed by atoms with van der Waals surface area (Å²) in [7, 11) is 0. The van der Waals surface area contributed by atoms with Crippen molar-refractivity contribution in [2.24, 2.45) is 5.73 Å². The van der Waals surface area contributed by atoms with Gasteiger partial charge in [-0.15, -0.1) is 0 Å². The third-order valence-electron chi connectivity index (χ3n) is 3.66. The lowest BCUT2D eigenvalue weighted by atomic mass is 9.81. The second-order valence-corrected chi connectivity index (χ2v) is 5.08. The van der Waals surface area contributed by atoms with Gasteiger partial charge in [-0.2, -0.15) is 0 Å². The second kappa shape index (κ2) is 6.24. The van der Waals surface area contributed by atoms with Crippen LogP contribution in [-0.2, 0) is 4.79 Å². The fourth-order valence-electron chi connectivity index (χ4n) is 2.47. The van der Waals surface area contributed by atoms with Crippen molar-refractivity contribution in [2.75, 3.05) is 0 Å². The molecule has 1 aliphatic rings. The van der Waals surface area contributed by atoms with E-state index in [9.17, 15) is 4.79 Å². The van der Waals surface area contributed by atoms with E-state index in [1.165, 1.54) is 6.42 Å². The van der Waals surface area contributed by atoms with Crippen LogP contribution < -0.4 is 11.1 Å². The van der Waals surface area contributed by atoms with Crippen molar-refractivity contribution in [3.63, 3.8) is 0 Å². The van der Waals surface area contributed by atoms with Crippen molar-refractivity contribution < 1.29 is 4.79 Å². The lowest BCUT2D eigenvalue weighted by molar-refractivity contribution is -0.128. The van der Waals surface area contributed by atoms with Gasteiger partial charge in [-0.3, -0.25) is 4.79 Å². The fourth-order valence-corrected chi connectivity index (χ4v) is 2.47. The average molecular weight is 226 g/mol. The van der Waals surface area contributed by atoms with Crippen molar-refractivity contribution in [1.29, 1.82) is 0 Å². The lowest BCUT2D eigenvalue weighted by Gasteiger charge is -2.33. The van der Waals surface area contributed by atoms with Crippen LogP contribution in [-0.4, -0.2) is 17.5 Å². The molecular weight excluding hydrogens is 200 g/mol. The summed E-state index contributed by atoms with van der Waals surface area (Å²) in [4.78, 5) is 12.1. The van der Waals surface area contributed by atoms with Gasteiger partial charge in [0.15, 0.2) is 0 Å². The Bertz CT molecular complexity index is 222. The average Bonchev–Trinajstić information content (AvgIpc) is 2.29. The quantitative estimate of drug-likeness (QED) is 0.756. The summed E-state index contributed by atoms with van der Waals surface area (Å²) in [6.45, 7) is 4.26. The first-order chi connectivity index (χ1) is 7.62. The Morgan fingerprint density at radius 1 is 1.31 bits per heavy atom. The first-order valence-electron chi connectivity index (χ1n) is 6.72. The first-order valence-corrected chi connectivity index (χ1v) is 6.72. The molecule has 0 radical (unpaired) electrons. The molecule has 1 rings (SSSR count). The standard InChI is InChI=1S/C13H26N2O/c1-3-8-11(4-2)15-12(16)13(14)9-6-5-7-10-13/h11H,3-10,14H2,1-2H3,(H,15,16). The summed E-state index contributed by atoms with van der Waals surface area (Å²) in [5.74, 6) is 0.0764. The maximum absolute atomic E-state index is 12.1. The molecule has 1 saturated carbocycles. The summed E-state index contributed by atoms with van der Waals surface area (Å²) in [6.07, 6.45) is 8.26. The molecule has 0 aromatic heterocycles. The Hall–Kier alpha value is -0.570. The summed E-state index contributed by atoms with van der Waals surface area (Å²) >= 11 is 0. The second-order valence-electron chi connectivity index (χ2n) is 5.08. The van der Waals surface area contributed by atoms with E-state index in [-0.39, 0.29) is 5.91 Å². The monoisotopic (exact) mass is 226 g/mol. The predicted molar refractivity (Wildman–Crippen MR) is 67.1 cm³/mol. The number of hydrogen-bond donors (Lipinski definition) is 2. The van der Waals surface area contributed by atoms with Gasteiger partial charge in [0.2, 0.25) is 5.91 Å². The highest BCUT2D eigenvalue weighted by Crippen LogP contribution is 2.26. The molecule has 0 bridgehead atoms. The minimum Gasteiger partial charge on any atom is -0.352 e. The maximum Gasteiger partial charge on any atom is 0.240 e. The van der Waals surface area contributed by atoms with Crippen LogP contribution in [0.2, 0.25) is 0 Å². The smallest absolute Gasteiger partial charge is 0.240 e. The Morgan fingerprint density at radius 3 is 2.44 bits per heavy atom. The van der Waals surface area contributed by atoms with E-state index in [0.29, 0.717) is 6.04 Å². The Balaban J connectivity index is 2.48. The van der Waals surface area contributed by atoms with Crippen LogP contribution in [0.25, 0.3) is 0 Å². The van der Waals surface area contributed by atoms with Crippen molar-refractivity contribution in [3.8, 4) is 0 Å². The fraction of sp³-hybridized carbons (Fsp3) is 0.923. The minimum atomic E-state index is -0.584. The van der Waals surface area contributed by atoms with Gasteiger partial charge in [0.1, 0.15) is 0 Å². The number of carbonyl (C=O) groups excluding carboxylic acids is 1. The van der Waals surface area contributed by atoms with Crippen molar-refractivity contribution in [3.05, 3.63) is 0 Å². The lowest BCUT2D eigenvalue weighted by Crippen LogP contribution is -2.56. The highest BCUT2D eigenvalue weighted by Gasteiger charge is 2.35. The van der Waals surface area contributed by atoms with Crippen LogP contribution in [0.1, 0.15) is 65.2 Å². The van der Waals surface area contributed by atoms with E-state index in [1.54, 1.807) is 0 Å². The highest BCUT2D eigenvalue weighted by atomic mass is 16.2.